The zero-order valence-corrected chi connectivity index (χ0v) is 10.5. The summed E-state index contributed by atoms with van der Waals surface area (Å²) >= 11 is 0. The summed E-state index contributed by atoms with van der Waals surface area (Å²) in [5.41, 5.74) is 6.76. The molecule has 0 aliphatic carbocycles. The van der Waals surface area contributed by atoms with Gasteiger partial charge in [0.2, 0.25) is 0 Å². The van der Waals surface area contributed by atoms with Crippen molar-refractivity contribution >= 4 is 0 Å². The standard InChI is InChI=1S/C14H18FN3/c1-2-8-18-9-7-17-14(18)13(16)10-11-5-3-4-6-12(11)15/h3-7,9,13H,2,8,10,16H2,1H3. The van der Waals surface area contributed by atoms with Crippen molar-refractivity contribution in [3.05, 3.63) is 53.9 Å². The van der Waals surface area contributed by atoms with Crippen LogP contribution in [0.25, 0.3) is 0 Å². The van der Waals surface area contributed by atoms with Gasteiger partial charge in [0.25, 0.3) is 0 Å². The fourth-order valence-electron chi connectivity index (χ4n) is 2.07. The van der Waals surface area contributed by atoms with E-state index in [2.05, 4.69) is 11.9 Å². The van der Waals surface area contributed by atoms with Gasteiger partial charge in [-0.3, -0.25) is 0 Å². The zero-order chi connectivity index (χ0) is 13.0. The summed E-state index contributed by atoms with van der Waals surface area (Å²) in [6.45, 7) is 2.99. The Hall–Kier alpha value is -1.68. The van der Waals surface area contributed by atoms with Crippen LogP contribution in [0.1, 0.15) is 30.8 Å². The summed E-state index contributed by atoms with van der Waals surface area (Å²) in [5.74, 6) is 0.613. The van der Waals surface area contributed by atoms with Crippen molar-refractivity contribution in [2.24, 2.45) is 5.73 Å². The zero-order valence-electron chi connectivity index (χ0n) is 10.5. The molecule has 3 nitrogen and oxygen atoms in total. The van der Waals surface area contributed by atoms with Crippen LogP contribution < -0.4 is 5.73 Å². The molecule has 0 saturated heterocycles. The Balaban J connectivity index is 2.14. The average molecular weight is 247 g/mol. The van der Waals surface area contributed by atoms with Crippen molar-refractivity contribution in [2.75, 3.05) is 0 Å². The molecule has 18 heavy (non-hydrogen) atoms. The fourth-order valence-corrected chi connectivity index (χ4v) is 2.07. The van der Waals surface area contributed by atoms with Crippen LogP contribution >= 0.6 is 0 Å². The number of aryl methyl sites for hydroxylation is 1. The van der Waals surface area contributed by atoms with Gasteiger partial charge in [0.05, 0.1) is 6.04 Å². The average Bonchev–Trinajstić information content (AvgIpc) is 2.81. The maximum Gasteiger partial charge on any atom is 0.126 e. The lowest BCUT2D eigenvalue weighted by Crippen LogP contribution is -2.19. The highest BCUT2D eigenvalue weighted by Crippen LogP contribution is 2.17. The molecular formula is C14H18FN3. The summed E-state index contributed by atoms with van der Waals surface area (Å²) in [6.07, 6.45) is 5.15. The predicted molar refractivity (Wildman–Crippen MR) is 69.6 cm³/mol. The topological polar surface area (TPSA) is 43.8 Å². The summed E-state index contributed by atoms with van der Waals surface area (Å²) in [5, 5.41) is 0. The first kappa shape index (κ1) is 12.8. The predicted octanol–water partition coefficient (Wildman–Crippen LogP) is 2.67. The van der Waals surface area contributed by atoms with Crippen molar-refractivity contribution in [1.29, 1.82) is 0 Å². The van der Waals surface area contributed by atoms with Gasteiger partial charge in [-0.1, -0.05) is 25.1 Å². The number of hydrogen-bond acceptors (Lipinski definition) is 2. The molecule has 0 aliphatic rings. The van der Waals surface area contributed by atoms with Crippen LogP contribution in [0.2, 0.25) is 0 Å². The van der Waals surface area contributed by atoms with Crippen molar-refractivity contribution in [3.8, 4) is 0 Å². The second kappa shape index (κ2) is 5.78. The second-order valence-corrected chi connectivity index (χ2v) is 4.38. The normalized spacial score (nSPS) is 12.6. The Morgan fingerprint density at radius 2 is 2.17 bits per heavy atom. The number of rotatable bonds is 5. The molecule has 0 fully saturated rings. The number of hydrogen-bond donors (Lipinski definition) is 1. The van der Waals surface area contributed by atoms with Gasteiger partial charge in [-0.25, -0.2) is 9.37 Å². The maximum absolute atomic E-state index is 13.6. The van der Waals surface area contributed by atoms with Crippen LogP contribution in [0.3, 0.4) is 0 Å². The Morgan fingerprint density at radius 1 is 1.39 bits per heavy atom. The van der Waals surface area contributed by atoms with Crippen molar-refractivity contribution < 1.29 is 4.39 Å². The quantitative estimate of drug-likeness (QED) is 0.882. The Kier molecular flexibility index (Phi) is 4.10. The Morgan fingerprint density at radius 3 is 2.89 bits per heavy atom. The Labute approximate surface area is 106 Å². The van der Waals surface area contributed by atoms with E-state index in [4.69, 9.17) is 5.73 Å². The number of halogens is 1. The van der Waals surface area contributed by atoms with Crippen LogP contribution in [-0.2, 0) is 13.0 Å². The van der Waals surface area contributed by atoms with E-state index >= 15 is 0 Å². The smallest absolute Gasteiger partial charge is 0.126 e. The first-order valence-corrected chi connectivity index (χ1v) is 6.22. The highest BCUT2D eigenvalue weighted by molar-refractivity contribution is 5.19. The molecule has 1 aromatic carbocycles. The lowest BCUT2D eigenvalue weighted by molar-refractivity contribution is 0.553. The van der Waals surface area contributed by atoms with Crippen molar-refractivity contribution in [2.45, 2.75) is 32.4 Å². The van der Waals surface area contributed by atoms with Crippen LogP contribution in [0, 0.1) is 5.82 Å². The van der Waals surface area contributed by atoms with Crippen LogP contribution in [-0.4, -0.2) is 9.55 Å². The molecule has 0 saturated carbocycles. The van der Waals surface area contributed by atoms with Crippen molar-refractivity contribution in [3.63, 3.8) is 0 Å². The van der Waals surface area contributed by atoms with Gasteiger partial charge in [-0.2, -0.15) is 0 Å². The van der Waals surface area contributed by atoms with E-state index < -0.39 is 0 Å². The maximum atomic E-state index is 13.6. The van der Waals surface area contributed by atoms with E-state index in [1.807, 2.05) is 16.8 Å². The second-order valence-electron chi connectivity index (χ2n) is 4.38. The first-order valence-electron chi connectivity index (χ1n) is 6.22. The molecule has 4 heteroatoms. The van der Waals surface area contributed by atoms with Gasteiger partial charge < -0.3 is 10.3 Å². The molecule has 0 radical (unpaired) electrons. The van der Waals surface area contributed by atoms with Crippen molar-refractivity contribution in [1.82, 2.24) is 9.55 Å². The van der Waals surface area contributed by atoms with E-state index in [0.717, 1.165) is 18.8 Å². The molecule has 1 unspecified atom stereocenters. The van der Waals surface area contributed by atoms with E-state index in [0.29, 0.717) is 12.0 Å². The molecule has 0 spiro atoms. The number of imidazole rings is 1. The molecular weight excluding hydrogens is 229 g/mol. The third-order valence-electron chi connectivity index (χ3n) is 2.94. The molecule has 2 rings (SSSR count). The highest BCUT2D eigenvalue weighted by Gasteiger charge is 2.14. The minimum absolute atomic E-state index is 0.207. The van der Waals surface area contributed by atoms with Gasteiger partial charge in [-0.15, -0.1) is 0 Å². The summed E-state index contributed by atoms with van der Waals surface area (Å²) in [4.78, 5) is 4.28. The highest BCUT2D eigenvalue weighted by atomic mass is 19.1. The number of nitrogens with two attached hydrogens (primary N) is 1. The van der Waals surface area contributed by atoms with E-state index in [1.54, 1.807) is 18.3 Å². The van der Waals surface area contributed by atoms with Gasteiger partial charge >= 0.3 is 0 Å². The van der Waals surface area contributed by atoms with Gasteiger partial charge in [0.1, 0.15) is 11.6 Å². The summed E-state index contributed by atoms with van der Waals surface area (Å²) in [6, 6.07) is 6.46. The third kappa shape index (κ3) is 2.76. The third-order valence-corrected chi connectivity index (χ3v) is 2.94. The Bertz CT molecular complexity index is 507. The van der Waals surface area contributed by atoms with Crippen LogP contribution in [0.15, 0.2) is 36.7 Å². The number of benzene rings is 1. The van der Waals surface area contributed by atoms with Gasteiger partial charge in [0.15, 0.2) is 0 Å². The molecule has 96 valence electrons. The van der Waals surface area contributed by atoms with E-state index in [1.165, 1.54) is 6.07 Å². The number of aromatic nitrogens is 2. The van der Waals surface area contributed by atoms with Gasteiger partial charge in [0, 0.05) is 18.9 Å². The largest absolute Gasteiger partial charge is 0.334 e. The molecule has 2 aromatic rings. The minimum Gasteiger partial charge on any atom is -0.334 e. The summed E-state index contributed by atoms with van der Waals surface area (Å²) < 4.78 is 15.6. The lowest BCUT2D eigenvalue weighted by Gasteiger charge is -2.14. The molecule has 1 heterocycles. The fraction of sp³-hybridized carbons (Fsp3) is 0.357. The summed E-state index contributed by atoms with van der Waals surface area (Å²) in [7, 11) is 0. The molecule has 0 aliphatic heterocycles. The van der Waals surface area contributed by atoms with E-state index in [9.17, 15) is 4.39 Å². The molecule has 0 amide bonds. The molecule has 2 N–H and O–H groups in total. The number of nitrogens with zero attached hydrogens (tertiary/aromatic N) is 2. The monoisotopic (exact) mass is 247 g/mol. The molecule has 1 atom stereocenters. The van der Waals surface area contributed by atoms with Crippen LogP contribution in [0.5, 0.6) is 0 Å². The van der Waals surface area contributed by atoms with Crippen LogP contribution in [0.4, 0.5) is 4.39 Å². The van der Waals surface area contributed by atoms with Gasteiger partial charge in [-0.05, 0) is 24.5 Å². The molecule has 0 bridgehead atoms. The first-order chi connectivity index (χ1) is 8.72. The van der Waals surface area contributed by atoms with E-state index in [-0.39, 0.29) is 11.9 Å². The lowest BCUT2D eigenvalue weighted by atomic mass is 10.1. The SMILES string of the molecule is CCCn1ccnc1C(N)Cc1ccccc1F. The molecule has 1 aromatic heterocycles. The minimum atomic E-state index is -0.275.